The molecule has 0 aliphatic carbocycles. The fraction of sp³-hybridized carbons (Fsp3) is 0.250. The Hall–Kier alpha value is -2.59. The fourth-order valence-electron chi connectivity index (χ4n) is 1.76. The van der Waals surface area contributed by atoms with E-state index in [1.807, 2.05) is 18.2 Å². The van der Waals surface area contributed by atoms with Crippen molar-refractivity contribution in [1.29, 1.82) is 10.7 Å². The summed E-state index contributed by atoms with van der Waals surface area (Å²) in [6, 6.07) is 7.52. The molecular weight excluding hydrogens is 242 g/mol. The third-order valence-corrected chi connectivity index (χ3v) is 2.70. The lowest BCUT2D eigenvalue weighted by Crippen LogP contribution is -2.21. The number of nitrogens with zero attached hydrogens (tertiary/aromatic N) is 2. The first-order valence-corrected chi connectivity index (χ1v) is 5.86. The second-order valence-electron chi connectivity index (χ2n) is 4.07. The van der Waals surface area contributed by atoms with Crippen molar-refractivity contribution in [2.45, 2.75) is 6.54 Å². The van der Waals surface area contributed by atoms with Crippen LogP contribution in [-0.2, 0) is 6.54 Å². The summed E-state index contributed by atoms with van der Waals surface area (Å²) in [6.45, 7) is 2.58. The van der Waals surface area contributed by atoms with Crippen LogP contribution in [0, 0.1) is 16.7 Å². The number of hydrazone groups is 1. The standard InChI is InChI=1S/C12H15N7/c13-6-11(12(14)15)19-18-9-1-2-10-8(5-9)7-16-3-4-17-10/h1-2,5,16-18H,3-4,7H2,(H3,14,15)/b19-11+. The van der Waals surface area contributed by atoms with Crippen molar-refractivity contribution >= 4 is 22.9 Å². The van der Waals surface area contributed by atoms with Crippen molar-refractivity contribution in [2.24, 2.45) is 10.8 Å². The maximum Gasteiger partial charge on any atom is 0.201 e. The smallest absolute Gasteiger partial charge is 0.201 e. The van der Waals surface area contributed by atoms with E-state index in [9.17, 15) is 0 Å². The highest BCUT2D eigenvalue weighted by atomic mass is 15.3. The minimum absolute atomic E-state index is 0.133. The zero-order valence-corrected chi connectivity index (χ0v) is 10.3. The number of nitrogens with one attached hydrogen (secondary N) is 4. The van der Waals surface area contributed by atoms with E-state index in [1.165, 1.54) is 0 Å². The van der Waals surface area contributed by atoms with Crippen LogP contribution >= 0.6 is 0 Å². The van der Waals surface area contributed by atoms with Crippen LogP contribution < -0.4 is 21.8 Å². The number of rotatable bonds is 3. The average molecular weight is 257 g/mol. The maximum atomic E-state index is 8.74. The summed E-state index contributed by atoms with van der Waals surface area (Å²) < 4.78 is 0. The van der Waals surface area contributed by atoms with Crippen molar-refractivity contribution in [1.82, 2.24) is 5.32 Å². The van der Waals surface area contributed by atoms with Gasteiger partial charge in [0.2, 0.25) is 5.71 Å². The number of nitriles is 1. The lowest BCUT2D eigenvalue weighted by atomic mass is 10.1. The average Bonchev–Trinajstić information content (AvgIpc) is 2.63. The predicted molar refractivity (Wildman–Crippen MR) is 75.2 cm³/mol. The second-order valence-corrected chi connectivity index (χ2v) is 4.07. The van der Waals surface area contributed by atoms with Gasteiger partial charge in [0.15, 0.2) is 5.84 Å². The van der Waals surface area contributed by atoms with E-state index in [2.05, 4.69) is 21.2 Å². The van der Waals surface area contributed by atoms with E-state index in [-0.39, 0.29) is 11.5 Å². The Morgan fingerprint density at radius 2 is 2.32 bits per heavy atom. The van der Waals surface area contributed by atoms with Gasteiger partial charge in [0.25, 0.3) is 0 Å². The van der Waals surface area contributed by atoms with Gasteiger partial charge in [-0.05, 0) is 23.8 Å². The monoisotopic (exact) mass is 257 g/mol. The Labute approximate surface area is 111 Å². The van der Waals surface area contributed by atoms with Gasteiger partial charge in [-0.1, -0.05) is 0 Å². The summed E-state index contributed by atoms with van der Waals surface area (Å²) >= 11 is 0. The summed E-state index contributed by atoms with van der Waals surface area (Å²) in [5.74, 6) is -0.354. The molecule has 0 unspecified atom stereocenters. The minimum atomic E-state index is -0.354. The molecule has 0 atom stereocenters. The quantitative estimate of drug-likeness (QED) is 0.305. The highest BCUT2D eigenvalue weighted by Crippen LogP contribution is 2.21. The molecule has 0 saturated heterocycles. The van der Waals surface area contributed by atoms with Gasteiger partial charge >= 0.3 is 0 Å². The van der Waals surface area contributed by atoms with Crippen molar-refractivity contribution in [3.8, 4) is 6.07 Å². The normalized spacial score (nSPS) is 14.6. The number of hydrogen-bond donors (Lipinski definition) is 5. The molecule has 0 amide bonds. The zero-order chi connectivity index (χ0) is 13.7. The van der Waals surface area contributed by atoms with Crippen molar-refractivity contribution in [2.75, 3.05) is 23.8 Å². The van der Waals surface area contributed by atoms with Crippen LogP contribution in [0.25, 0.3) is 0 Å². The molecule has 2 rings (SSSR count). The molecule has 7 nitrogen and oxygen atoms in total. The molecule has 1 aromatic rings. The molecule has 7 heteroatoms. The van der Waals surface area contributed by atoms with Gasteiger partial charge < -0.3 is 16.4 Å². The van der Waals surface area contributed by atoms with E-state index < -0.39 is 0 Å². The van der Waals surface area contributed by atoms with Gasteiger partial charge in [-0.25, -0.2) is 0 Å². The van der Waals surface area contributed by atoms with Gasteiger partial charge in [-0.3, -0.25) is 10.8 Å². The number of amidine groups is 1. The molecule has 19 heavy (non-hydrogen) atoms. The van der Waals surface area contributed by atoms with Crippen LogP contribution in [-0.4, -0.2) is 24.6 Å². The summed E-state index contributed by atoms with van der Waals surface area (Å²) in [6.07, 6.45) is 0. The number of fused-ring (bicyclic) bond motifs is 1. The van der Waals surface area contributed by atoms with E-state index in [0.717, 1.165) is 36.6 Å². The molecule has 0 aromatic heterocycles. The highest BCUT2D eigenvalue weighted by molar-refractivity contribution is 6.45. The maximum absolute atomic E-state index is 8.74. The molecule has 98 valence electrons. The first-order valence-electron chi connectivity index (χ1n) is 5.86. The highest BCUT2D eigenvalue weighted by Gasteiger charge is 2.07. The van der Waals surface area contributed by atoms with Gasteiger partial charge in [-0.15, -0.1) is 0 Å². The summed E-state index contributed by atoms with van der Waals surface area (Å²) in [7, 11) is 0. The van der Waals surface area contributed by atoms with Gasteiger partial charge in [0.05, 0.1) is 5.69 Å². The molecule has 1 heterocycles. The van der Waals surface area contributed by atoms with Crippen LogP contribution in [0.1, 0.15) is 5.56 Å². The van der Waals surface area contributed by atoms with Gasteiger partial charge in [0, 0.05) is 25.3 Å². The third-order valence-electron chi connectivity index (χ3n) is 2.70. The minimum Gasteiger partial charge on any atom is -0.384 e. The van der Waals surface area contributed by atoms with Crippen molar-refractivity contribution < 1.29 is 0 Å². The molecular formula is C12H15N7. The van der Waals surface area contributed by atoms with Crippen LogP contribution in [0.5, 0.6) is 0 Å². The molecule has 6 N–H and O–H groups in total. The Morgan fingerprint density at radius 1 is 1.47 bits per heavy atom. The Bertz CT molecular complexity index is 556. The Kier molecular flexibility index (Phi) is 3.95. The van der Waals surface area contributed by atoms with Crippen LogP contribution in [0.15, 0.2) is 23.3 Å². The van der Waals surface area contributed by atoms with E-state index >= 15 is 0 Å². The van der Waals surface area contributed by atoms with Gasteiger partial charge in [0.1, 0.15) is 6.07 Å². The molecule has 1 aliphatic heterocycles. The van der Waals surface area contributed by atoms with Crippen molar-refractivity contribution in [3.05, 3.63) is 23.8 Å². The zero-order valence-electron chi connectivity index (χ0n) is 10.3. The number of benzene rings is 1. The first kappa shape index (κ1) is 12.9. The van der Waals surface area contributed by atoms with Gasteiger partial charge in [-0.2, -0.15) is 10.4 Å². The molecule has 0 bridgehead atoms. The fourth-order valence-corrected chi connectivity index (χ4v) is 1.76. The third kappa shape index (κ3) is 3.20. The molecule has 0 radical (unpaired) electrons. The summed E-state index contributed by atoms with van der Waals surface area (Å²) in [5, 5.41) is 26.3. The summed E-state index contributed by atoms with van der Waals surface area (Å²) in [5.41, 5.74) is 10.8. The molecule has 1 aliphatic rings. The first-order chi connectivity index (χ1) is 9.20. The van der Waals surface area contributed by atoms with Crippen LogP contribution in [0.3, 0.4) is 0 Å². The number of anilines is 2. The van der Waals surface area contributed by atoms with Crippen LogP contribution in [0.2, 0.25) is 0 Å². The lowest BCUT2D eigenvalue weighted by Gasteiger charge is -2.09. The predicted octanol–water partition coefficient (Wildman–Crippen LogP) is 0.429. The van der Waals surface area contributed by atoms with Crippen molar-refractivity contribution in [3.63, 3.8) is 0 Å². The summed E-state index contributed by atoms with van der Waals surface area (Å²) in [4.78, 5) is 0. The Morgan fingerprint density at radius 3 is 3.05 bits per heavy atom. The molecule has 0 saturated carbocycles. The Balaban J connectivity index is 2.16. The van der Waals surface area contributed by atoms with E-state index in [4.69, 9.17) is 16.4 Å². The van der Waals surface area contributed by atoms with E-state index in [0.29, 0.717) is 0 Å². The number of nitrogens with two attached hydrogens (primary N) is 1. The molecule has 0 spiro atoms. The molecule has 0 fully saturated rings. The topological polar surface area (TPSA) is 122 Å². The van der Waals surface area contributed by atoms with Crippen LogP contribution in [0.4, 0.5) is 11.4 Å². The largest absolute Gasteiger partial charge is 0.384 e. The molecule has 1 aromatic carbocycles. The number of hydrogen-bond acceptors (Lipinski definition) is 6. The SMILES string of the molecule is N#C/C(=N\Nc1ccc2c(c1)CNCCN2)C(=N)N. The second kappa shape index (κ2) is 5.84. The lowest BCUT2D eigenvalue weighted by molar-refractivity contribution is 0.725. The van der Waals surface area contributed by atoms with E-state index in [1.54, 1.807) is 6.07 Å².